The van der Waals surface area contributed by atoms with Gasteiger partial charge in [-0.05, 0) is 44.2 Å². The van der Waals surface area contributed by atoms with Gasteiger partial charge < -0.3 is 10.2 Å². The van der Waals surface area contributed by atoms with E-state index in [0.717, 1.165) is 43.7 Å². The van der Waals surface area contributed by atoms with Crippen LogP contribution >= 0.6 is 24.0 Å². The third kappa shape index (κ3) is 5.70. The number of nitrogens with zero attached hydrogens (tertiary/aromatic N) is 4. The fourth-order valence-corrected chi connectivity index (χ4v) is 3.84. The predicted octanol–water partition coefficient (Wildman–Crippen LogP) is 5.93. The molecule has 0 radical (unpaired) electrons. The number of piperidine rings is 1. The van der Waals surface area contributed by atoms with E-state index in [2.05, 4.69) is 35.1 Å². The summed E-state index contributed by atoms with van der Waals surface area (Å²) in [5.41, 5.74) is 1.37. The number of hydrogen-bond acceptors (Lipinski definition) is 6. The van der Waals surface area contributed by atoms with Gasteiger partial charge in [0.2, 0.25) is 5.95 Å². The molecule has 0 spiro atoms. The Morgan fingerprint density at radius 1 is 1.28 bits per heavy atom. The third-order valence-electron chi connectivity index (χ3n) is 5.06. The molecule has 158 valence electrons. The van der Waals surface area contributed by atoms with Crippen molar-refractivity contribution in [1.82, 2.24) is 9.97 Å². The molecule has 1 saturated heterocycles. The maximum absolute atomic E-state index is 11.2. The first-order chi connectivity index (χ1) is 13.5. The minimum absolute atomic E-state index is 0. The Balaban J connectivity index is 0.00000300. The SMILES string of the molecule is CCCc1cc(N2CCCCC2CC)nc(Nc2ccc(Cl)c([N+](=O)[O-])c2)n1.Cl. The van der Waals surface area contributed by atoms with E-state index in [1.165, 1.54) is 25.0 Å². The standard InChI is InChI=1S/C20H26ClN5O2.ClH/c1-3-7-14-13-19(25-11-6-5-8-16(25)4-2)24-20(22-14)23-15-9-10-17(21)18(12-15)26(27)28;/h9-10,12-13,16H,3-8,11H2,1-2H3,(H,22,23,24);1H. The fraction of sp³-hybridized carbons (Fsp3) is 0.500. The molecule has 1 aromatic carbocycles. The van der Waals surface area contributed by atoms with Crippen molar-refractivity contribution in [3.63, 3.8) is 0 Å². The van der Waals surface area contributed by atoms with Crippen molar-refractivity contribution in [3.05, 3.63) is 45.1 Å². The lowest BCUT2D eigenvalue weighted by Gasteiger charge is -2.36. The summed E-state index contributed by atoms with van der Waals surface area (Å²) in [6.45, 7) is 5.32. The van der Waals surface area contributed by atoms with Gasteiger partial charge in [0.25, 0.3) is 5.69 Å². The van der Waals surface area contributed by atoms with E-state index >= 15 is 0 Å². The molecule has 0 amide bonds. The van der Waals surface area contributed by atoms with Crippen LogP contribution in [0.2, 0.25) is 5.02 Å². The second-order valence-corrected chi connectivity index (χ2v) is 7.50. The summed E-state index contributed by atoms with van der Waals surface area (Å²) in [7, 11) is 0. The van der Waals surface area contributed by atoms with E-state index < -0.39 is 4.92 Å². The normalized spacial score (nSPS) is 16.2. The molecule has 2 aromatic rings. The topological polar surface area (TPSA) is 84.2 Å². The summed E-state index contributed by atoms with van der Waals surface area (Å²) in [5.74, 6) is 1.38. The van der Waals surface area contributed by atoms with Gasteiger partial charge in [-0.3, -0.25) is 10.1 Å². The molecule has 1 aliphatic heterocycles. The first-order valence-electron chi connectivity index (χ1n) is 9.87. The first-order valence-corrected chi connectivity index (χ1v) is 10.2. The molecule has 0 saturated carbocycles. The molecule has 1 unspecified atom stereocenters. The average Bonchev–Trinajstić information content (AvgIpc) is 2.69. The summed E-state index contributed by atoms with van der Waals surface area (Å²) in [6, 6.07) is 7.18. The second kappa shape index (κ2) is 10.6. The molecule has 0 aliphatic carbocycles. The number of anilines is 3. The largest absolute Gasteiger partial charge is 0.353 e. The third-order valence-corrected chi connectivity index (χ3v) is 5.38. The number of nitrogens with one attached hydrogen (secondary N) is 1. The Labute approximate surface area is 182 Å². The number of benzene rings is 1. The summed E-state index contributed by atoms with van der Waals surface area (Å²) < 4.78 is 0. The van der Waals surface area contributed by atoms with Gasteiger partial charge in [0.1, 0.15) is 10.8 Å². The average molecular weight is 440 g/mol. The lowest BCUT2D eigenvalue weighted by Crippen LogP contribution is -2.39. The van der Waals surface area contributed by atoms with Crippen LogP contribution in [0, 0.1) is 10.1 Å². The number of hydrogen-bond donors (Lipinski definition) is 1. The second-order valence-electron chi connectivity index (χ2n) is 7.09. The maximum Gasteiger partial charge on any atom is 0.289 e. The van der Waals surface area contributed by atoms with E-state index in [9.17, 15) is 10.1 Å². The van der Waals surface area contributed by atoms with Gasteiger partial charge in [-0.1, -0.05) is 31.9 Å². The zero-order chi connectivity index (χ0) is 20.1. The van der Waals surface area contributed by atoms with Crippen LogP contribution in [0.3, 0.4) is 0 Å². The Hall–Kier alpha value is -2.12. The lowest BCUT2D eigenvalue weighted by molar-refractivity contribution is -0.384. The van der Waals surface area contributed by atoms with Crippen molar-refractivity contribution >= 4 is 47.1 Å². The monoisotopic (exact) mass is 439 g/mol. The van der Waals surface area contributed by atoms with Gasteiger partial charge in [0, 0.05) is 36.1 Å². The molecular weight excluding hydrogens is 413 g/mol. The highest BCUT2D eigenvalue weighted by Gasteiger charge is 2.23. The zero-order valence-corrected chi connectivity index (χ0v) is 18.3. The first kappa shape index (κ1) is 23.2. The number of rotatable bonds is 7. The predicted molar refractivity (Wildman–Crippen MR) is 120 cm³/mol. The number of aromatic nitrogens is 2. The highest BCUT2D eigenvalue weighted by Crippen LogP contribution is 2.30. The molecule has 1 N–H and O–H groups in total. The summed E-state index contributed by atoms with van der Waals surface area (Å²) in [6.07, 6.45) is 6.52. The van der Waals surface area contributed by atoms with Crippen LogP contribution in [0.4, 0.5) is 23.1 Å². The van der Waals surface area contributed by atoms with Crippen LogP contribution < -0.4 is 10.2 Å². The van der Waals surface area contributed by atoms with Crippen LogP contribution in [0.25, 0.3) is 0 Å². The van der Waals surface area contributed by atoms with E-state index in [4.69, 9.17) is 16.6 Å². The summed E-state index contributed by atoms with van der Waals surface area (Å²) in [4.78, 5) is 22.4. The molecule has 1 aliphatic rings. The van der Waals surface area contributed by atoms with Gasteiger partial charge in [0.15, 0.2) is 0 Å². The number of aryl methyl sites for hydroxylation is 1. The van der Waals surface area contributed by atoms with Gasteiger partial charge in [-0.15, -0.1) is 12.4 Å². The summed E-state index contributed by atoms with van der Waals surface area (Å²) >= 11 is 5.91. The minimum atomic E-state index is -0.493. The van der Waals surface area contributed by atoms with Crippen molar-refractivity contribution < 1.29 is 4.92 Å². The Kier molecular flexibility index (Phi) is 8.46. The number of nitro groups is 1. The molecule has 7 nitrogen and oxygen atoms in total. The van der Waals surface area contributed by atoms with Crippen molar-refractivity contribution in [2.24, 2.45) is 0 Å². The number of halogens is 2. The van der Waals surface area contributed by atoms with Crippen molar-refractivity contribution in [2.45, 2.75) is 58.4 Å². The molecule has 2 heterocycles. The smallest absolute Gasteiger partial charge is 0.289 e. The Bertz CT molecular complexity index is 850. The van der Waals surface area contributed by atoms with Crippen molar-refractivity contribution in [2.75, 3.05) is 16.8 Å². The van der Waals surface area contributed by atoms with Gasteiger partial charge in [-0.25, -0.2) is 4.98 Å². The van der Waals surface area contributed by atoms with Crippen LogP contribution in [0.15, 0.2) is 24.3 Å². The highest BCUT2D eigenvalue weighted by atomic mass is 35.5. The molecule has 1 atom stereocenters. The quantitative estimate of drug-likeness (QED) is 0.425. The molecule has 9 heteroatoms. The molecule has 1 fully saturated rings. The maximum atomic E-state index is 11.2. The zero-order valence-electron chi connectivity index (χ0n) is 16.7. The molecule has 0 bridgehead atoms. The van der Waals surface area contributed by atoms with E-state index in [0.29, 0.717) is 17.7 Å². The van der Waals surface area contributed by atoms with Crippen LogP contribution in [0.1, 0.15) is 51.6 Å². The highest BCUT2D eigenvalue weighted by molar-refractivity contribution is 6.32. The van der Waals surface area contributed by atoms with E-state index in [-0.39, 0.29) is 23.1 Å². The molecule has 1 aromatic heterocycles. The van der Waals surface area contributed by atoms with E-state index in [1.807, 2.05) is 0 Å². The van der Waals surface area contributed by atoms with E-state index in [1.54, 1.807) is 6.07 Å². The Morgan fingerprint density at radius 3 is 2.76 bits per heavy atom. The van der Waals surface area contributed by atoms with Gasteiger partial charge in [-0.2, -0.15) is 4.98 Å². The lowest BCUT2D eigenvalue weighted by atomic mass is 10.00. The van der Waals surface area contributed by atoms with Crippen LogP contribution in [0.5, 0.6) is 0 Å². The van der Waals surface area contributed by atoms with Gasteiger partial charge in [0.05, 0.1) is 4.92 Å². The fourth-order valence-electron chi connectivity index (χ4n) is 3.66. The Morgan fingerprint density at radius 2 is 2.07 bits per heavy atom. The number of nitro benzene ring substituents is 1. The minimum Gasteiger partial charge on any atom is -0.353 e. The van der Waals surface area contributed by atoms with Crippen LogP contribution in [-0.2, 0) is 6.42 Å². The van der Waals surface area contributed by atoms with Crippen LogP contribution in [-0.4, -0.2) is 27.5 Å². The molecular formula is C20H27Cl2N5O2. The van der Waals surface area contributed by atoms with Crippen molar-refractivity contribution in [1.29, 1.82) is 0 Å². The van der Waals surface area contributed by atoms with Crippen molar-refractivity contribution in [3.8, 4) is 0 Å². The molecule has 29 heavy (non-hydrogen) atoms. The van der Waals surface area contributed by atoms with Gasteiger partial charge >= 0.3 is 0 Å². The molecule has 3 rings (SSSR count). The summed E-state index contributed by atoms with van der Waals surface area (Å²) in [5, 5.41) is 14.4.